The summed E-state index contributed by atoms with van der Waals surface area (Å²) in [5.74, 6) is 0.433. The highest BCUT2D eigenvalue weighted by Gasteiger charge is 2.04. The number of aryl methyl sites for hydroxylation is 1. The molecule has 0 aliphatic carbocycles. The van der Waals surface area contributed by atoms with Crippen molar-refractivity contribution in [2.75, 3.05) is 0 Å². The molecule has 4 nitrogen and oxygen atoms in total. The molecule has 1 aromatic heterocycles. The van der Waals surface area contributed by atoms with Gasteiger partial charge in [-0.15, -0.1) is 0 Å². The predicted octanol–water partition coefficient (Wildman–Crippen LogP) is 3.58. The molecule has 0 fully saturated rings. The number of carbonyl (C=O) groups excluding carboxylic acids is 1. The smallest absolute Gasteiger partial charge is 0.266 e. The van der Waals surface area contributed by atoms with Crippen molar-refractivity contribution < 1.29 is 4.79 Å². The normalized spacial score (nSPS) is 10.8. The SMILES string of the molecule is CCCCCCCCCCCc1ncc(C(N)=O)[nH]1. The Balaban J connectivity index is 1.97. The Morgan fingerprint density at radius 3 is 2.21 bits per heavy atom. The Hall–Kier alpha value is -1.32. The van der Waals surface area contributed by atoms with Crippen LogP contribution in [0.4, 0.5) is 0 Å². The molecule has 0 unspecified atom stereocenters. The summed E-state index contributed by atoms with van der Waals surface area (Å²) in [6.45, 7) is 2.25. The minimum Gasteiger partial charge on any atom is -0.364 e. The molecule has 0 bridgehead atoms. The van der Waals surface area contributed by atoms with Crippen molar-refractivity contribution in [3.63, 3.8) is 0 Å². The fraction of sp³-hybridized carbons (Fsp3) is 0.733. The Kier molecular flexibility index (Phi) is 7.94. The number of rotatable bonds is 11. The van der Waals surface area contributed by atoms with Crippen LogP contribution < -0.4 is 5.73 Å². The van der Waals surface area contributed by atoms with Crippen LogP contribution in [0.3, 0.4) is 0 Å². The first-order chi connectivity index (χ1) is 9.24. The van der Waals surface area contributed by atoms with E-state index < -0.39 is 5.91 Å². The van der Waals surface area contributed by atoms with Crippen molar-refractivity contribution in [3.05, 3.63) is 17.7 Å². The summed E-state index contributed by atoms with van der Waals surface area (Å²) in [6.07, 6.45) is 14.3. The van der Waals surface area contributed by atoms with Crippen LogP contribution in [0, 0.1) is 0 Å². The van der Waals surface area contributed by atoms with Gasteiger partial charge < -0.3 is 10.7 Å². The van der Waals surface area contributed by atoms with Crippen LogP contribution >= 0.6 is 0 Å². The van der Waals surface area contributed by atoms with Crippen molar-refractivity contribution in [1.82, 2.24) is 9.97 Å². The fourth-order valence-electron chi connectivity index (χ4n) is 2.22. The van der Waals surface area contributed by atoms with Crippen LogP contribution in [0.1, 0.15) is 81.0 Å². The Morgan fingerprint density at radius 2 is 1.68 bits per heavy atom. The third-order valence-corrected chi connectivity index (χ3v) is 3.41. The predicted molar refractivity (Wildman–Crippen MR) is 78.0 cm³/mol. The van der Waals surface area contributed by atoms with Crippen molar-refractivity contribution in [3.8, 4) is 0 Å². The number of nitrogens with one attached hydrogen (secondary N) is 1. The van der Waals surface area contributed by atoms with Gasteiger partial charge in [0.2, 0.25) is 0 Å². The third-order valence-electron chi connectivity index (χ3n) is 3.41. The number of nitrogens with two attached hydrogens (primary N) is 1. The minimum atomic E-state index is -0.439. The molecule has 0 saturated heterocycles. The number of amides is 1. The van der Waals surface area contributed by atoms with Gasteiger partial charge in [-0.2, -0.15) is 0 Å². The number of hydrogen-bond donors (Lipinski definition) is 2. The van der Waals surface area contributed by atoms with Crippen LogP contribution in [0.15, 0.2) is 6.20 Å². The maximum Gasteiger partial charge on any atom is 0.266 e. The van der Waals surface area contributed by atoms with Crippen molar-refractivity contribution in [2.45, 2.75) is 71.1 Å². The largest absolute Gasteiger partial charge is 0.364 e. The Bertz CT molecular complexity index is 360. The van der Waals surface area contributed by atoms with E-state index in [0.29, 0.717) is 5.69 Å². The Morgan fingerprint density at radius 1 is 1.11 bits per heavy atom. The van der Waals surface area contributed by atoms with E-state index in [4.69, 9.17) is 5.73 Å². The number of imidazole rings is 1. The molecule has 1 rings (SSSR count). The second-order valence-corrected chi connectivity index (χ2v) is 5.19. The molecule has 0 aliphatic heterocycles. The van der Waals surface area contributed by atoms with Gasteiger partial charge >= 0.3 is 0 Å². The highest BCUT2D eigenvalue weighted by atomic mass is 16.1. The summed E-state index contributed by atoms with van der Waals surface area (Å²) >= 11 is 0. The van der Waals surface area contributed by atoms with Gasteiger partial charge in [0, 0.05) is 6.42 Å². The van der Waals surface area contributed by atoms with E-state index in [1.54, 1.807) is 0 Å². The van der Waals surface area contributed by atoms with Crippen LogP contribution in [-0.2, 0) is 6.42 Å². The topological polar surface area (TPSA) is 71.8 Å². The summed E-state index contributed by atoms with van der Waals surface area (Å²) in [5.41, 5.74) is 5.57. The summed E-state index contributed by atoms with van der Waals surface area (Å²) in [6, 6.07) is 0. The van der Waals surface area contributed by atoms with Gasteiger partial charge in [0.1, 0.15) is 11.5 Å². The average molecular weight is 265 g/mol. The number of aromatic amines is 1. The number of hydrogen-bond acceptors (Lipinski definition) is 2. The summed E-state index contributed by atoms with van der Waals surface area (Å²) < 4.78 is 0. The molecule has 0 spiro atoms. The van der Waals surface area contributed by atoms with Crippen LogP contribution in [0.5, 0.6) is 0 Å². The zero-order chi connectivity index (χ0) is 13.9. The molecule has 0 saturated carbocycles. The number of aromatic nitrogens is 2. The lowest BCUT2D eigenvalue weighted by Gasteiger charge is -2.01. The maximum absolute atomic E-state index is 10.9. The lowest BCUT2D eigenvalue weighted by Crippen LogP contribution is -2.11. The number of nitrogens with zero attached hydrogens (tertiary/aromatic N) is 1. The standard InChI is InChI=1S/C15H27N3O/c1-2-3-4-5-6-7-8-9-10-11-14-17-12-13(18-14)15(16)19/h12H,2-11H2,1H3,(H2,16,19)(H,17,18). The van der Waals surface area contributed by atoms with E-state index in [9.17, 15) is 4.79 Å². The summed E-state index contributed by atoms with van der Waals surface area (Å²) in [7, 11) is 0. The third kappa shape index (κ3) is 6.99. The molecule has 0 aromatic carbocycles. The number of carbonyl (C=O) groups is 1. The number of primary amides is 1. The molecule has 0 radical (unpaired) electrons. The van der Waals surface area contributed by atoms with E-state index >= 15 is 0 Å². The molecule has 3 N–H and O–H groups in total. The molecule has 19 heavy (non-hydrogen) atoms. The van der Waals surface area contributed by atoms with Gasteiger partial charge in [-0.1, -0.05) is 58.3 Å². The average Bonchev–Trinajstić information content (AvgIpc) is 2.86. The molecule has 0 atom stereocenters. The van der Waals surface area contributed by atoms with E-state index in [-0.39, 0.29) is 0 Å². The first-order valence-electron chi connectivity index (χ1n) is 7.57. The van der Waals surface area contributed by atoms with E-state index in [1.165, 1.54) is 57.6 Å². The van der Waals surface area contributed by atoms with E-state index in [0.717, 1.165) is 18.7 Å². The van der Waals surface area contributed by atoms with Gasteiger partial charge in [0.25, 0.3) is 5.91 Å². The molecule has 108 valence electrons. The van der Waals surface area contributed by atoms with Crippen LogP contribution in [0.2, 0.25) is 0 Å². The molecular formula is C15H27N3O. The second-order valence-electron chi connectivity index (χ2n) is 5.19. The quantitative estimate of drug-likeness (QED) is 0.600. The maximum atomic E-state index is 10.9. The molecule has 0 aliphatic rings. The van der Waals surface area contributed by atoms with E-state index in [1.807, 2.05) is 0 Å². The zero-order valence-electron chi connectivity index (χ0n) is 12.1. The van der Waals surface area contributed by atoms with Gasteiger partial charge in [0.05, 0.1) is 6.20 Å². The highest BCUT2D eigenvalue weighted by molar-refractivity contribution is 5.90. The van der Waals surface area contributed by atoms with E-state index in [2.05, 4.69) is 16.9 Å². The molecule has 1 heterocycles. The van der Waals surface area contributed by atoms with Crippen LogP contribution in [-0.4, -0.2) is 15.9 Å². The van der Waals surface area contributed by atoms with Crippen molar-refractivity contribution >= 4 is 5.91 Å². The lowest BCUT2D eigenvalue weighted by atomic mass is 10.1. The summed E-state index contributed by atoms with van der Waals surface area (Å²) in [5, 5.41) is 0. The molecule has 4 heteroatoms. The monoisotopic (exact) mass is 265 g/mol. The number of unbranched alkanes of at least 4 members (excludes halogenated alkanes) is 8. The molecule has 1 aromatic rings. The molecular weight excluding hydrogens is 238 g/mol. The van der Waals surface area contributed by atoms with Gasteiger partial charge in [-0.3, -0.25) is 4.79 Å². The zero-order valence-corrected chi connectivity index (χ0v) is 12.1. The minimum absolute atomic E-state index is 0.408. The van der Waals surface area contributed by atoms with Gasteiger partial charge in [0.15, 0.2) is 0 Å². The van der Waals surface area contributed by atoms with Crippen LogP contribution in [0.25, 0.3) is 0 Å². The first-order valence-corrected chi connectivity index (χ1v) is 7.57. The second kappa shape index (κ2) is 9.59. The first kappa shape index (κ1) is 15.7. The molecule has 1 amide bonds. The van der Waals surface area contributed by atoms with Crippen molar-refractivity contribution in [2.24, 2.45) is 5.73 Å². The highest BCUT2D eigenvalue weighted by Crippen LogP contribution is 2.10. The van der Waals surface area contributed by atoms with Gasteiger partial charge in [-0.05, 0) is 6.42 Å². The number of H-pyrrole nitrogens is 1. The fourth-order valence-corrected chi connectivity index (χ4v) is 2.22. The van der Waals surface area contributed by atoms with Crippen molar-refractivity contribution in [1.29, 1.82) is 0 Å². The summed E-state index contributed by atoms with van der Waals surface area (Å²) in [4.78, 5) is 18.0. The van der Waals surface area contributed by atoms with Gasteiger partial charge in [-0.25, -0.2) is 4.98 Å². The lowest BCUT2D eigenvalue weighted by molar-refractivity contribution is 0.0996. The Labute approximate surface area is 116 Å².